The lowest BCUT2D eigenvalue weighted by atomic mass is 9.91. The molecule has 0 aromatic carbocycles. The number of H-pyrrole nitrogens is 2. The van der Waals surface area contributed by atoms with Crippen LogP contribution in [0.4, 0.5) is 17.7 Å². The van der Waals surface area contributed by atoms with Crippen LogP contribution in [0.3, 0.4) is 0 Å². The van der Waals surface area contributed by atoms with Gasteiger partial charge in [0.25, 0.3) is 17.1 Å². The first-order valence-electron chi connectivity index (χ1n) is 23.5. The summed E-state index contributed by atoms with van der Waals surface area (Å²) < 4.78 is 139. The topological polar surface area (TPSA) is 568 Å². The summed E-state index contributed by atoms with van der Waals surface area (Å²) >= 11 is 0. The van der Waals surface area contributed by atoms with Gasteiger partial charge in [-0.1, -0.05) is 11.9 Å². The van der Waals surface area contributed by atoms with Crippen molar-refractivity contribution in [2.75, 3.05) is 56.4 Å². The minimum Gasteiger partial charge on any atom is -0.387 e. The summed E-state index contributed by atoms with van der Waals surface area (Å²) in [4.78, 5) is 97.0. The third-order valence-electron chi connectivity index (χ3n) is 13.1. The molecule has 0 saturated carbocycles. The number of ether oxygens (including phenoxy) is 4. The normalized spacial score (nSPS) is 29.3. The fourth-order valence-electron chi connectivity index (χ4n) is 9.27. The summed E-state index contributed by atoms with van der Waals surface area (Å²) in [6, 6.07) is 0. The van der Waals surface area contributed by atoms with E-state index in [2.05, 4.69) is 53.2 Å². The van der Waals surface area contributed by atoms with Crippen molar-refractivity contribution in [1.82, 2.24) is 58.3 Å². The highest BCUT2D eigenvalue weighted by atomic mass is 32.2. The number of aromatic amines is 2. The van der Waals surface area contributed by atoms with Gasteiger partial charge in [0.05, 0.1) is 51.4 Å². The number of nitrogens with one attached hydrogen (secondary N) is 3. The molecule has 45 heteroatoms. The Balaban J connectivity index is 0.880. The molecule has 9 heterocycles. The second-order valence-corrected chi connectivity index (χ2v) is 26.4. The van der Waals surface area contributed by atoms with Gasteiger partial charge in [-0.15, -0.1) is 0 Å². The van der Waals surface area contributed by atoms with Crippen LogP contribution in [0.1, 0.15) is 32.5 Å². The first kappa shape index (κ1) is 60.4. The Bertz CT molecular complexity index is 3790. The van der Waals surface area contributed by atoms with Crippen LogP contribution >= 0.6 is 31.3 Å². The van der Waals surface area contributed by atoms with E-state index < -0.39 is 146 Å². The highest BCUT2D eigenvalue weighted by Gasteiger charge is 2.54. The van der Waals surface area contributed by atoms with Crippen molar-refractivity contribution in [3.8, 4) is 0 Å². The summed E-state index contributed by atoms with van der Waals surface area (Å²) in [6.45, 7) is -0.561. The number of anilines is 3. The lowest BCUT2D eigenvalue weighted by molar-refractivity contribution is -0.745. The summed E-state index contributed by atoms with van der Waals surface area (Å²) in [7, 11) is -24.7. The van der Waals surface area contributed by atoms with Crippen LogP contribution in [0.2, 0.25) is 0 Å². The molecule has 9 rings (SSSR count). The Hall–Kier alpha value is -5.16. The van der Waals surface area contributed by atoms with Crippen molar-refractivity contribution in [1.29, 1.82) is 0 Å². The Morgan fingerprint density at radius 3 is 2.01 bits per heavy atom. The number of fused-ring (bicyclic) bond motifs is 3. The number of methoxy groups -OCH3 is 1. The zero-order valence-electron chi connectivity index (χ0n) is 42.2. The molecule has 6 aromatic rings. The lowest BCUT2D eigenvalue weighted by Gasteiger charge is -2.26. The molecule has 81 heavy (non-hydrogen) atoms. The van der Waals surface area contributed by atoms with Gasteiger partial charge in [0.15, 0.2) is 47.6 Å². The molecule has 3 fully saturated rings. The number of rotatable bonds is 23. The smallest absolute Gasteiger partial charge is 0.387 e. The van der Waals surface area contributed by atoms with Gasteiger partial charge in [-0.3, -0.25) is 51.4 Å². The maximum Gasteiger partial charge on any atom is 0.490 e. The molecule has 40 nitrogen and oxygen atoms in total. The maximum atomic E-state index is 13.8. The zero-order valence-corrected chi connectivity index (χ0v) is 46.6. The van der Waals surface area contributed by atoms with Gasteiger partial charge in [-0.2, -0.15) is 13.6 Å². The number of aliphatic hydroxyl groups excluding tert-OH is 2. The van der Waals surface area contributed by atoms with Crippen molar-refractivity contribution in [3.63, 3.8) is 0 Å². The van der Waals surface area contributed by atoms with Gasteiger partial charge in [-0.25, -0.2) is 55.9 Å². The monoisotopic (exact) mass is 1250 g/mol. The SMILES string of the molecule is CCS(=O)(=O)NC[C@H]1[C@@H](C)[C@H]([n+]2cn(C)c3c(=O)[nH]c(N)nc32)O[C@@H]1COP(=O)(O)OP(=O)(O)OP(=O)(O)OC[C@H]1O[C@@H](n2cnc3c(N)ncnc32)[C@H](OC)[C@@H]1OP(=O)(O)OC[C@H]1O[C@@H](n2cnc3c(=O)[nH]c(N)nc32)[C@H](O)[C@@H]1O. The van der Waals surface area contributed by atoms with Crippen molar-refractivity contribution in [2.24, 2.45) is 18.9 Å². The van der Waals surface area contributed by atoms with Crippen molar-refractivity contribution < 1.29 is 107 Å². The first-order chi connectivity index (χ1) is 37.9. The number of phosphoric acid groups is 4. The van der Waals surface area contributed by atoms with E-state index in [1.807, 2.05) is 0 Å². The van der Waals surface area contributed by atoms with E-state index >= 15 is 0 Å². The molecule has 446 valence electrons. The van der Waals surface area contributed by atoms with Crippen molar-refractivity contribution in [2.45, 2.75) is 75.3 Å². The molecule has 3 aliphatic rings. The van der Waals surface area contributed by atoms with Crippen LogP contribution in [-0.4, -0.2) is 174 Å². The molecule has 3 saturated heterocycles. The molecule has 0 bridgehead atoms. The van der Waals surface area contributed by atoms with E-state index in [-0.39, 0.29) is 63.5 Å². The fraction of sp³-hybridized carbons (Fsp3) is 0.583. The Morgan fingerprint density at radius 1 is 0.753 bits per heavy atom. The molecule has 4 unspecified atom stereocenters. The van der Waals surface area contributed by atoms with Gasteiger partial charge < -0.3 is 65.9 Å². The van der Waals surface area contributed by atoms with E-state index in [1.54, 1.807) is 6.92 Å². The van der Waals surface area contributed by atoms with E-state index in [9.17, 15) is 66.1 Å². The second-order valence-electron chi connectivity index (χ2n) is 18.3. The average Bonchev–Trinajstić information content (AvgIpc) is 3.80. The number of nitrogens with two attached hydrogens (primary N) is 3. The van der Waals surface area contributed by atoms with Crippen LogP contribution in [0, 0.1) is 11.8 Å². The number of nitrogen functional groups attached to an aromatic ring is 3. The maximum absolute atomic E-state index is 13.8. The molecule has 15 N–H and O–H groups in total. The number of hydrogen-bond donors (Lipinski definition) is 12. The summed E-state index contributed by atoms with van der Waals surface area (Å²) in [5, 5.41) is 21.8. The number of aliphatic hydroxyl groups is 2. The molecule has 0 aliphatic carbocycles. The predicted molar refractivity (Wildman–Crippen MR) is 267 cm³/mol. The molecular formula is C36H53N16O24P4S+. The van der Waals surface area contributed by atoms with Crippen LogP contribution in [0.25, 0.3) is 33.5 Å². The van der Waals surface area contributed by atoms with Gasteiger partial charge in [-0.05, 0) is 6.92 Å². The van der Waals surface area contributed by atoms with Crippen LogP contribution in [0.15, 0.2) is 34.9 Å². The highest BCUT2D eigenvalue weighted by Crippen LogP contribution is 2.68. The molecule has 0 spiro atoms. The molecule has 0 amide bonds. The zero-order chi connectivity index (χ0) is 58.9. The standard InChI is InChI=1S/C36H52N16O24P4S/c1-5-81(65,66)44-6-15-14(2)32(52-13-49(3)21-29(52)46-36(39)48-31(21)56)71-16(15)7-69-78(59,60)75-80(63,64)76-79(61,62)70-9-18-24(25(67-4)34(73-18)50-11-42-19-26(37)40-10-41-27(19)50)74-77(57,58)68-8-17-22(53)23(54)33(72-17)51-12-43-20-28(51)45-35(38)47-30(20)55/h10-18,22-25,32-34,44,53-54H,5-9H2,1-4H3,(H11-,37,38,39,40,41,45,46,47,48,55,56,57,58,59,60,61,62,63,64)/p+1/t14-,15+,16-,17-,18-,22-,23-,24-,25-,32-,33-,34-/m1/s1. The van der Waals surface area contributed by atoms with Crippen LogP contribution in [-0.2, 0) is 81.0 Å². The molecule has 6 aromatic heterocycles. The van der Waals surface area contributed by atoms with Crippen LogP contribution < -0.4 is 37.6 Å². The first-order valence-corrected chi connectivity index (χ1v) is 31.1. The lowest BCUT2D eigenvalue weighted by Crippen LogP contribution is -2.43. The number of hydrogen-bond acceptors (Lipinski definition) is 29. The minimum atomic E-state index is -6.22. The van der Waals surface area contributed by atoms with E-state index in [0.29, 0.717) is 0 Å². The summed E-state index contributed by atoms with van der Waals surface area (Å²) in [6.07, 6.45) is -11.2. The number of phosphoric ester groups is 3. The van der Waals surface area contributed by atoms with Gasteiger partial charge >= 0.3 is 36.9 Å². The van der Waals surface area contributed by atoms with E-state index in [0.717, 1.165) is 30.7 Å². The number of aromatic nitrogens is 12. The minimum absolute atomic E-state index is 0.00647. The van der Waals surface area contributed by atoms with Gasteiger partial charge in [0, 0.05) is 25.5 Å². The third kappa shape index (κ3) is 12.7. The van der Waals surface area contributed by atoms with E-state index in [1.165, 1.54) is 34.0 Å². The average molecular weight is 1250 g/mol. The Kier molecular flexibility index (Phi) is 17.0. The quantitative estimate of drug-likeness (QED) is 0.0222. The third-order valence-corrected chi connectivity index (χ3v) is 19.7. The van der Waals surface area contributed by atoms with Gasteiger partial charge in [0.1, 0.15) is 48.5 Å². The van der Waals surface area contributed by atoms with E-state index in [4.69, 9.17) is 54.2 Å². The fourth-order valence-corrected chi connectivity index (χ4v) is 14.4. The summed E-state index contributed by atoms with van der Waals surface area (Å²) in [5.74, 6) is -2.57. The predicted octanol–water partition coefficient (Wildman–Crippen LogP) is -3.24. The number of sulfonamides is 1. The number of aryl methyl sites for hydroxylation is 1. The molecule has 3 aliphatic heterocycles. The molecule has 16 atom stereocenters. The number of imidazole rings is 3. The van der Waals surface area contributed by atoms with Gasteiger partial charge in [0.2, 0.25) is 21.5 Å². The molecule has 0 radical (unpaired) electrons. The van der Waals surface area contributed by atoms with Crippen molar-refractivity contribution in [3.05, 3.63) is 46.0 Å². The van der Waals surface area contributed by atoms with Crippen LogP contribution in [0.5, 0.6) is 0 Å². The van der Waals surface area contributed by atoms with Crippen molar-refractivity contribution >= 4 is 92.5 Å². The summed E-state index contributed by atoms with van der Waals surface area (Å²) in [5.41, 5.74) is 15.9. The Labute approximate surface area is 452 Å². The largest absolute Gasteiger partial charge is 0.490 e. The second kappa shape index (κ2) is 22.8. The Morgan fingerprint density at radius 2 is 1.35 bits per heavy atom. The highest BCUT2D eigenvalue weighted by molar-refractivity contribution is 7.89. The molecular weight excluding hydrogens is 1200 g/mol. The number of nitrogens with zero attached hydrogens (tertiary/aromatic N) is 10.